The average molecular weight is 467 g/mol. The van der Waals surface area contributed by atoms with Crippen LogP contribution in [0, 0.1) is 0 Å². The van der Waals surface area contributed by atoms with Crippen LogP contribution in [-0.2, 0) is 19.1 Å². The zero-order valence-corrected chi connectivity index (χ0v) is 18.1. The zero-order valence-electron chi connectivity index (χ0n) is 18.1. The molecule has 7 nitrogen and oxygen atoms in total. The summed E-state index contributed by atoms with van der Waals surface area (Å²) in [5, 5.41) is 3.25. The number of fused-ring (bicyclic) bond motifs is 2. The lowest BCUT2D eigenvalue weighted by atomic mass is 10.1. The van der Waals surface area contributed by atoms with Gasteiger partial charge in [-0.05, 0) is 49.5 Å². The number of likely N-dealkylation sites (N-methyl/N-ethyl adjacent to an activating group) is 1. The van der Waals surface area contributed by atoms with E-state index in [1.54, 1.807) is 30.5 Å². The summed E-state index contributed by atoms with van der Waals surface area (Å²) < 4.78 is 46.2. The van der Waals surface area contributed by atoms with Crippen molar-refractivity contribution in [3.8, 4) is 11.6 Å². The van der Waals surface area contributed by atoms with E-state index in [0.717, 1.165) is 41.7 Å². The van der Waals surface area contributed by atoms with Crippen molar-refractivity contribution in [2.24, 2.45) is 0 Å². The fraction of sp³-hybridized carbons (Fsp3) is 0.208. The van der Waals surface area contributed by atoms with Gasteiger partial charge < -0.3 is 15.0 Å². The number of anilines is 1. The Kier molecular flexibility index (Phi) is 5.45. The van der Waals surface area contributed by atoms with Crippen LogP contribution in [0.15, 0.2) is 61.1 Å². The van der Waals surface area contributed by atoms with Crippen molar-refractivity contribution in [2.75, 3.05) is 18.9 Å². The van der Waals surface area contributed by atoms with E-state index in [1.807, 2.05) is 7.05 Å². The van der Waals surface area contributed by atoms with Crippen molar-refractivity contribution in [1.29, 1.82) is 0 Å². The molecular weight excluding hydrogens is 447 g/mol. The fourth-order valence-corrected chi connectivity index (χ4v) is 3.97. The highest BCUT2D eigenvalue weighted by atomic mass is 19.4. The second-order valence-corrected chi connectivity index (χ2v) is 8.11. The molecule has 0 bridgehead atoms. The summed E-state index contributed by atoms with van der Waals surface area (Å²) in [6.07, 6.45) is -0.616. The number of nitrogens with zero attached hydrogens (tertiary/aromatic N) is 4. The Bertz CT molecular complexity index is 1380. The maximum Gasteiger partial charge on any atom is 0.416 e. The van der Waals surface area contributed by atoms with Gasteiger partial charge in [0.15, 0.2) is 0 Å². The molecule has 0 saturated carbocycles. The van der Waals surface area contributed by atoms with Crippen LogP contribution in [-0.4, -0.2) is 39.1 Å². The smallest absolute Gasteiger partial charge is 0.416 e. The second kappa shape index (κ2) is 8.45. The average Bonchev–Trinajstić information content (AvgIpc) is 3.22. The minimum atomic E-state index is -4.49. The van der Waals surface area contributed by atoms with E-state index < -0.39 is 17.8 Å². The van der Waals surface area contributed by atoms with Crippen LogP contribution in [0.2, 0.25) is 0 Å². The maximum absolute atomic E-state index is 13.0. The molecule has 2 aromatic heterocycles. The topological polar surface area (TPSA) is 72.3 Å². The van der Waals surface area contributed by atoms with Gasteiger partial charge in [-0.15, -0.1) is 0 Å². The first-order valence-electron chi connectivity index (χ1n) is 10.6. The molecule has 1 amide bonds. The van der Waals surface area contributed by atoms with E-state index in [2.05, 4.69) is 20.2 Å². The van der Waals surface area contributed by atoms with Gasteiger partial charge >= 0.3 is 12.2 Å². The van der Waals surface area contributed by atoms with E-state index in [4.69, 9.17) is 4.74 Å². The molecular formula is C24H20F3N5O2. The van der Waals surface area contributed by atoms with E-state index in [0.29, 0.717) is 23.7 Å². The predicted molar refractivity (Wildman–Crippen MR) is 120 cm³/mol. The third-order valence-corrected chi connectivity index (χ3v) is 5.69. The summed E-state index contributed by atoms with van der Waals surface area (Å²) in [5.41, 5.74) is 1.74. The lowest BCUT2D eigenvalue weighted by molar-refractivity contribution is -0.137. The van der Waals surface area contributed by atoms with Gasteiger partial charge in [-0.2, -0.15) is 13.2 Å². The largest absolute Gasteiger partial charge is 0.439 e. The molecule has 3 heterocycles. The maximum atomic E-state index is 13.0. The van der Waals surface area contributed by atoms with Crippen LogP contribution in [0.5, 0.6) is 11.6 Å². The van der Waals surface area contributed by atoms with Crippen LogP contribution >= 0.6 is 0 Å². The first-order chi connectivity index (χ1) is 16.3. The number of amides is 1. The molecule has 1 aliphatic heterocycles. The van der Waals surface area contributed by atoms with E-state index in [-0.39, 0.29) is 5.69 Å². The molecule has 5 rings (SSSR count). The van der Waals surface area contributed by atoms with Gasteiger partial charge in [0.05, 0.1) is 22.3 Å². The highest BCUT2D eigenvalue weighted by Crippen LogP contribution is 2.32. The lowest BCUT2D eigenvalue weighted by Gasteiger charge is -2.25. The Hall–Kier alpha value is -3.92. The molecule has 0 radical (unpaired) electrons. The molecule has 174 valence electrons. The Morgan fingerprint density at radius 3 is 2.79 bits per heavy atom. The summed E-state index contributed by atoms with van der Waals surface area (Å²) in [4.78, 5) is 23.6. The minimum absolute atomic E-state index is 0.0557. The molecule has 0 spiro atoms. The lowest BCUT2D eigenvalue weighted by Crippen LogP contribution is -2.27. The number of carbonyl (C=O) groups excluding carboxylic acids is 1. The molecule has 2 aromatic carbocycles. The number of ether oxygens (including phenoxy) is 1. The van der Waals surface area contributed by atoms with Crippen LogP contribution < -0.4 is 10.1 Å². The molecule has 0 aliphatic carbocycles. The highest BCUT2D eigenvalue weighted by Gasteiger charge is 2.30. The number of benzene rings is 2. The summed E-state index contributed by atoms with van der Waals surface area (Å²) >= 11 is 0. The molecule has 34 heavy (non-hydrogen) atoms. The predicted octanol–water partition coefficient (Wildman–Crippen LogP) is 5.31. The Morgan fingerprint density at radius 1 is 1.12 bits per heavy atom. The summed E-state index contributed by atoms with van der Waals surface area (Å²) in [6.45, 7) is 1.62. The van der Waals surface area contributed by atoms with Gasteiger partial charge in [0.2, 0.25) is 5.88 Å². The summed E-state index contributed by atoms with van der Waals surface area (Å²) in [6, 6.07) is 10.9. The third kappa shape index (κ3) is 4.32. The molecule has 4 aromatic rings. The molecule has 0 saturated heterocycles. The van der Waals surface area contributed by atoms with Gasteiger partial charge in [-0.3, -0.25) is 4.57 Å². The van der Waals surface area contributed by atoms with Crippen molar-refractivity contribution in [3.63, 3.8) is 0 Å². The molecule has 1 N–H and O–H groups in total. The first-order valence-corrected chi connectivity index (χ1v) is 10.6. The Labute approximate surface area is 192 Å². The number of aromatic nitrogens is 3. The number of carbonyl (C=O) groups is 1. The Morgan fingerprint density at radius 2 is 1.97 bits per heavy atom. The van der Waals surface area contributed by atoms with Gasteiger partial charge in [0, 0.05) is 36.8 Å². The van der Waals surface area contributed by atoms with Crippen LogP contribution in [0.1, 0.15) is 16.8 Å². The second-order valence-electron chi connectivity index (χ2n) is 8.11. The first kappa shape index (κ1) is 21.9. The summed E-state index contributed by atoms with van der Waals surface area (Å²) in [7, 11) is 2.03. The van der Waals surface area contributed by atoms with Crippen molar-refractivity contribution in [3.05, 3.63) is 77.9 Å². The van der Waals surface area contributed by atoms with Gasteiger partial charge in [-0.25, -0.2) is 14.8 Å². The van der Waals surface area contributed by atoms with Gasteiger partial charge in [0.25, 0.3) is 0 Å². The molecule has 0 atom stereocenters. The molecule has 1 aliphatic rings. The van der Waals surface area contributed by atoms with Crippen LogP contribution in [0.3, 0.4) is 0 Å². The standard InChI is InChI=1S/C24H20F3N5O2/c1-31-9-8-20-19(13-31)22(29-14-28-20)34-18-5-6-21-15(11-18)7-10-32(21)23(33)30-17-4-2-3-16(12-17)24(25,26)27/h2-7,10-12,14H,8-9,13H2,1H3,(H,30,33). The quantitative estimate of drug-likeness (QED) is 0.442. The number of halogens is 3. The SMILES string of the molecule is CN1CCc2ncnc(Oc3ccc4c(ccn4C(=O)Nc4cccc(C(F)(F)F)c4)c3)c2C1. The van der Waals surface area contributed by atoms with E-state index in [1.165, 1.54) is 23.0 Å². The van der Waals surface area contributed by atoms with E-state index >= 15 is 0 Å². The zero-order chi connectivity index (χ0) is 23.9. The van der Waals surface area contributed by atoms with Crippen LogP contribution in [0.4, 0.5) is 23.7 Å². The molecule has 0 unspecified atom stereocenters. The van der Waals surface area contributed by atoms with Gasteiger partial charge in [-0.1, -0.05) is 6.07 Å². The number of alkyl halides is 3. The van der Waals surface area contributed by atoms with Crippen molar-refractivity contribution in [2.45, 2.75) is 19.1 Å². The van der Waals surface area contributed by atoms with Crippen molar-refractivity contribution < 1.29 is 22.7 Å². The van der Waals surface area contributed by atoms with Gasteiger partial charge in [0.1, 0.15) is 12.1 Å². The summed E-state index contributed by atoms with van der Waals surface area (Å²) in [5.74, 6) is 1.05. The minimum Gasteiger partial charge on any atom is -0.439 e. The number of rotatable bonds is 3. The number of nitrogens with one attached hydrogen (secondary N) is 1. The van der Waals surface area contributed by atoms with Crippen LogP contribution in [0.25, 0.3) is 10.9 Å². The van der Waals surface area contributed by atoms with E-state index in [9.17, 15) is 18.0 Å². The fourth-order valence-electron chi connectivity index (χ4n) is 3.97. The monoisotopic (exact) mass is 467 g/mol. The normalized spacial score (nSPS) is 14.1. The van der Waals surface area contributed by atoms with Crippen molar-refractivity contribution in [1.82, 2.24) is 19.4 Å². The Balaban J connectivity index is 1.37. The number of hydrogen-bond donors (Lipinski definition) is 1. The third-order valence-electron chi connectivity index (χ3n) is 5.69. The van der Waals surface area contributed by atoms with Crippen molar-refractivity contribution >= 4 is 22.6 Å². The number of hydrogen-bond acceptors (Lipinski definition) is 5. The molecule has 10 heteroatoms. The highest BCUT2D eigenvalue weighted by molar-refractivity contribution is 5.98. The molecule has 0 fully saturated rings.